The van der Waals surface area contributed by atoms with E-state index in [-0.39, 0.29) is 5.97 Å². The third-order valence-electron chi connectivity index (χ3n) is 2.98. The fraction of sp³-hybridized carbons (Fsp3) is 0.188. The number of ether oxygens (including phenoxy) is 1. The fourth-order valence-electron chi connectivity index (χ4n) is 1.93. The molecule has 0 aliphatic carbocycles. The third-order valence-corrected chi connectivity index (χ3v) is 3.23. The average molecular weight is 290 g/mol. The highest BCUT2D eigenvalue weighted by atomic mass is 35.5. The summed E-state index contributed by atoms with van der Waals surface area (Å²) in [4.78, 5) is 11.6. The molecule has 0 amide bonds. The van der Waals surface area contributed by atoms with Gasteiger partial charge in [0.2, 0.25) is 0 Å². The normalized spacial score (nSPS) is 10.3. The average Bonchev–Trinajstić information content (AvgIpc) is 2.49. The first kappa shape index (κ1) is 14.6. The molecule has 0 atom stereocenters. The summed E-state index contributed by atoms with van der Waals surface area (Å²) in [6.07, 6.45) is 0. The van der Waals surface area contributed by atoms with Gasteiger partial charge in [0.05, 0.1) is 12.7 Å². The highest BCUT2D eigenvalue weighted by molar-refractivity contribution is 6.30. The molecule has 0 saturated heterocycles. The van der Waals surface area contributed by atoms with Crippen LogP contribution in [0.2, 0.25) is 5.02 Å². The Balaban J connectivity index is 1.97. The van der Waals surface area contributed by atoms with Crippen LogP contribution in [0.4, 0.5) is 0 Å². The first-order valence-electron chi connectivity index (χ1n) is 6.32. The fourth-order valence-corrected chi connectivity index (χ4v) is 2.05. The van der Waals surface area contributed by atoms with Crippen LogP contribution >= 0.6 is 11.6 Å². The molecule has 20 heavy (non-hydrogen) atoms. The molecule has 2 aromatic rings. The van der Waals surface area contributed by atoms with Gasteiger partial charge in [0.1, 0.15) is 0 Å². The maximum Gasteiger partial charge on any atom is 0.338 e. The van der Waals surface area contributed by atoms with E-state index in [0.717, 1.165) is 16.1 Å². The Hall–Kier alpha value is -1.84. The van der Waals surface area contributed by atoms with Gasteiger partial charge in [-0.2, -0.15) is 0 Å². The monoisotopic (exact) mass is 289 g/mol. The number of hydrogen-bond acceptors (Lipinski definition) is 3. The molecule has 0 aliphatic rings. The summed E-state index contributed by atoms with van der Waals surface area (Å²) < 4.78 is 4.77. The standard InChI is InChI=1S/C16H16ClNO2/c1-20-16(19)15-5-3-2-4-13(15)11-18-10-12-6-8-14(17)9-7-12/h2-9,18H,10-11H2,1H3. The molecule has 4 heteroatoms. The summed E-state index contributed by atoms with van der Waals surface area (Å²) in [5.74, 6) is -0.311. The van der Waals surface area contributed by atoms with Crippen molar-refractivity contribution in [3.05, 3.63) is 70.2 Å². The number of benzene rings is 2. The van der Waals surface area contributed by atoms with Gasteiger partial charge in [-0.25, -0.2) is 4.79 Å². The van der Waals surface area contributed by atoms with Crippen LogP contribution in [0.3, 0.4) is 0 Å². The Bertz CT molecular complexity index is 581. The topological polar surface area (TPSA) is 38.3 Å². The van der Waals surface area contributed by atoms with Crippen molar-refractivity contribution in [1.29, 1.82) is 0 Å². The number of halogens is 1. The van der Waals surface area contributed by atoms with Gasteiger partial charge >= 0.3 is 5.97 Å². The Morgan fingerprint density at radius 3 is 2.50 bits per heavy atom. The zero-order chi connectivity index (χ0) is 14.4. The van der Waals surface area contributed by atoms with Crippen LogP contribution in [-0.2, 0) is 17.8 Å². The molecule has 2 rings (SSSR count). The van der Waals surface area contributed by atoms with E-state index < -0.39 is 0 Å². The molecular formula is C16H16ClNO2. The second kappa shape index (κ2) is 7.08. The third kappa shape index (κ3) is 3.83. The van der Waals surface area contributed by atoms with Crippen molar-refractivity contribution < 1.29 is 9.53 Å². The Labute approximate surface area is 123 Å². The van der Waals surface area contributed by atoms with E-state index in [1.807, 2.05) is 42.5 Å². The SMILES string of the molecule is COC(=O)c1ccccc1CNCc1ccc(Cl)cc1. The second-order valence-electron chi connectivity index (χ2n) is 4.38. The van der Waals surface area contributed by atoms with Crippen LogP contribution in [-0.4, -0.2) is 13.1 Å². The van der Waals surface area contributed by atoms with E-state index in [1.54, 1.807) is 6.07 Å². The molecule has 0 unspecified atom stereocenters. The van der Waals surface area contributed by atoms with Gasteiger partial charge in [-0.3, -0.25) is 0 Å². The molecule has 0 aliphatic heterocycles. The number of esters is 1. The number of hydrogen-bond donors (Lipinski definition) is 1. The molecule has 104 valence electrons. The zero-order valence-corrected chi connectivity index (χ0v) is 12.0. The first-order chi connectivity index (χ1) is 9.70. The first-order valence-corrected chi connectivity index (χ1v) is 6.70. The molecule has 0 aromatic heterocycles. The number of rotatable bonds is 5. The molecule has 0 fully saturated rings. The van der Waals surface area contributed by atoms with E-state index in [4.69, 9.17) is 16.3 Å². The maximum absolute atomic E-state index is 11.6. The minimum atomic E-state index is -0.311. The van der Waals surface area contributed by atoms with Crippen LogP contribution in [0.5, 0.6) is 0 Å². The van der Waals surface area contributed by atoms with Crippen molar-refractivity contribution in [3.8, 4) is 0 Å². The number of carbonyl (C=O) groups is 1. The van der Waals surface area contributed by atoms with Gasteiger partial charge < -0.3 is 10.1 Å². The lowest BCUT2D eigenvalue weighted by molar-refractivity contribution is 0.0599. The lowest BCUT2D eigenvalue weighted by atomic mass is 10.1. The predicted molar refractivity (Wildman–Crippen MR) is 79.8 cm³/mol. The largest absolute Gasteiger partial charge is 0.465 e. The van der Waals surface area contributed by atoms with Gasteiger partial charge in [0.25, 0.3) is 0 Å². The van der Waals surface area contributed by atoms with Gasteiger partial charge in [0.15, 0.2) is 0 Å². The molecule has 2 aromatic carbocycles. The lowest BCUT2D eigenvalue weighted by Crippen LogP contribution is -2.16. The summed E-state index contributed by atoms with van der Waals surface area (Å²) in [7, 11) is 1.39. The van der Waals surface area contributed by atoms with Crippen molar-refractivity contribution in [2.75, 3.05) is 7.11 Å². The van der Waals surface area contributed by atoms with Crippen LogP contribution < -0.4 is 5.32 Å². The summed E-state index contributed by atoms with van der Waals surface area (Å²) in [5, 5.41) is 4.03. The summed E-state index contributed by atoms with van der Waals surface area (Å²) in [5.41, 5.74) is 2.66. The van der Waals surface area contributed by atoms with Gasteiger partial charge in [-0.05, 0) is 29.3 Å². The molecule has 3 nitrogen and oxygen atoms in total. The van der Waals surface area contributed by atoms with Gasteiger partial charge in [-0.15, -0.1) is 0 Å². The van der Waals surface area contributed by atoms with Crippen molar-refractivity contribution in [1.82, 2.24) is 5.32 Å². The summed E-state index contributed by atoms with van der Waals surface area (Å²) in [6.45, 7) is 1.32. The van der Waals surface area contributed by atoms with E-state index >= 15 is 0 Å². The quantitative estimate of drug-likeness (QED) is 0.857. The van der Waals surface area contributed by atoms with Crippen molar-refractivity contribution in [2.45, 2.75) is 13.1 Å². The summed E-state index contributed by atoms with van der Waals surface area (Å²) in [6, 6.07) is 15.1. The minimum Gasteiger partial charge on any atom is -0.465 e. The van der Waals surface area contributed by atoms with Crippen molar-refractivity contribution in [3.63, 3.8) is 0 Å². The maximum atomic E-state index is 11.6. The van der Waals surface area contributed by atoms with Gasteiger partial charge in [0, 0.05) is 18.1 Å². The van der Waals surface area contributed by atoms with Crippen molar-refractivity contribution >= 4 is 17.6 Å². The predicted octanol–water partition coefficient (Wildman–Crippen LogP) is 3.42. The Morgan fingerprint density at radius 1 is 1.10 bits per heavy atom. The van der Waals surface area contributed by atoms with Gasteiger partial charge in [-0.1, -0.05) is 41.9 Å². The van der Waals surface area contributed by atoms with E-state index in [9.17, 15) is 4.79 Å². The van der Waals surface area contributed by atoms with Crippen LogP contribution in [0.25, 0.3) is 0 Å². The lowest BCUT2D eigenvalue weighted by Gasteiger charge is -2.09. The highest BCUT2D eigenvalue weighted by Gasteiger charge is 2.10. The molecule has 0 spiro atoms. The second-order valence-corrected chi connectivity index (χ2v) is 4.82. The molecular weight excluding hydrogens is 274 g/mol. The number of methoxy groups -OCH3 is 1. The Kier molecular flexibility index (Phi) is 5.16. The highest BCUT2D eigenvalue weighted by Crippen LogP contribution is 2.11. The molecule has 0 heterocycles. The molecule has 0 saturated carbocycles. The smallest absolute Gasteiger partial charge is 0.338 e. The zero-order valence-electron chi connectivity index (χ0n) is 11.2. The Morgan fingerprint density at radius 2 is 1.80 bits per heavy atom. The van der Waals surface area contributed by atoms with Crippen LogP contribution in [0.15, 0.2) is 48.5 Å². The minimum absolute atomic E-state index is 0.311. The molecule has 1 N–H and O–H groups in total. The molecule has 0 radical (unpaired) electrons. The van der Waals surface area contributed by atoms with E-state index in [1.165, 1.54) is 7.11 Å². The van der Waals surface area contributed by atoms with E-state index in [0.29, 0.717) is 18.7 Å². The number of carbonyl (C=O) groups excluding carboxylic acids is 1. The number of nitrogens with one attached hydrogen (secondary N) is 1. The molecule has 0 bridgehead atoms. The van der Waals surface area contributed by atoms with Crippen LogP contribution in [0.1, 0.15) is 21.5 Å². The van der Waals surface area contributed by atoms with Crippen LogP contribution in [0, 0.1) is 0 Å². The summed E-state index contributed by atoms with van der Waals surface area (Å²) >= 11 is 5.84. The van der Waals surface area contributed by atoms with Crippen molar-refractivity contribution in [2.24, 2.45) is 0 Å². The van der Waals surface area contributed by atoms with E-state index in [2.05, 4.69) is 5.32 Å².